The zero-order valence-electron chi connectivity index (χ0n) is 18.2. The summed E-state index contributed by atoms with van der Waals surface area (Å²) in [6, 6.07) is 11.7. The van der Waals surface area contributed by atoms with Crippen molar-refractivity contribution >= 4 is 29.2 Å². The second-order valence-electron chi connectivity index (χ2n) is 7.01. The molecule has 0 unspecified atom stereocenters. The molecule has 0 bridgehead atoms. The highest BCUT2D eigenvalue weighted by Gasteiger charge is 2.12. The number of ether oxygens (including phenoxy) is 2. The first-order chi connectivity index (χ1) is 14.9. The molecular formula is C23H30ClN3O4. The molecule has 1 atom stereocenters. The maximum absolute atomic E-state index is 12.2. The summed E-state index contributed by atoms with van der Waals surface area (Å²) in [7, 11) is 0. The SMILES string of the molecule is CCCOc1ccc(NC(=O)NCC(=O)N[C@@H](C)c2cccc(Cl)c2)cc1OCCC. The lowest BCUT2D eigenvalue weighted by Gasteiger charge is -2.16. The molecule has 31 heavy (non-hydrogen) atoms. The summed E-state index contributed by atoms with van der Waals surface area (Å²) in [6.45, 7) is 6.86. The topological polar surface area (TPSA) is 88.7 Å². The number of carbonyl (C=O) groups is 2. The largest absolute Gasteiger partial charge is 0.490 e. The van der Waals surface area contributed by atoms with Gasteiger partial charge in [-0.05, 0) is 49.6 Å². The molecule has 2 rings (SSSR count). The molecule has 3 amide bonds. The van der Waals surface area contributed by atoms with Crippen LogP contribution in [0.2, 0.25) is 5.02 Å². The van der Waals surface area contributed by atoms with Crippen molar-refractivity contribution in [2.45, 2.75) is 39.7 Å². The predicted octanol–water partition coefficient (Wildman–Crippen LogP) is 4.92. The van der Waals surface area contributed by atoms with Gasteiger partial charge in [0.1, 0.15) is 0 Å². The van der Waals surface area contributed by atoms with E-state index in [0.717, 1.165) is 18.4 Å². The van der Waals surface area contributed by atoms with Crippen molar-refractivity contribution in [1.29, 1.82) is 0 Å². The minimum absolute atomic E-state index is 0.159. The molecule has 0 spiro atoms. The van der Waals surface area contributed by atoms with E-state index in [4.69, 9.17) is 21.1 Å². The van der Waals surface area contributed by atoms with Gasteiger partial charge < -0.3 is 25.4 Å². The van der Waals surface area contributed by atoms with Gasteiger partial charge in [0.25, 0.3) is 0 Å². The van der Waals surface area contributed by atoms with E-state index in [1.807, 2.05) is 32.9 Å². The fourth-order valence-corrected chi connectivity index (χ4v) is 2.93. The number of hydrogen-bond donors (Lipinski definition) is 3. The number of urea groups is 1. The van der Waals surface area contributed by atoms with Crippen molar-refractivity contribution in [2.24, 2.45) is 0 Å². The molecule has 0 saturated heterocycles. The van der Waals surface area contributed by atoms with Crippen molar-refractivity contribution in [3.05, 3.63) is 53.1 Å². The summed E-state index contributed by atoms with van der Waals surface area (Å²) >= 11 is 5.98. The number of carbonyl (C=O) groups excluding carboxylic acids is 2. The molecule has 2 aromatic rings. The Kier molecular flexibility index (Phi) is 9.97. The van der Waals surface area contributed by atoms with Gasteiger partial charge in [-0.3, -0.25) is 4.79 Å². The maximum Gasteiger partial charge on any atom is 0.319 e. The molecule has 3 N–H and O–H groups in total. The highest BCUT2D eigenvalue weighted by atomic mass is 35.5. The summed E-state index contributed by atoms with van der Waals surface area (Å²) in [6.07, 6.45) is 1.74. The summed E-state index contributed by atoms with van der Waals surface area (Å²) in [5, 5.41) is 8.68. The first-order valence-corrected chi connectivity index (χ1v) is 10.8. The number of amides is 3. The van der Waals surface area contributed by atoms with Crippen LogP contribution >= 0.6 is 11.6 Å². The zero-order chi connectivity index (χ0) is 22.6. The van der Waals surface area contributed by atoms with E-state index in [9.17, 15) is 9.59 Å². The summed E-state index contributed by atoms with van der Waals surface area (Å²) in [4.78, 5) is 24.4. The Morgan fingerprint density at radius 3 is 2.39 bits per heavy atom. The zero-order valence-corrected chi connectivity index (χ0v) is 18.9. The standard InChI is InChI=1S/C23H30ClN3O4/c1-4-11-30-20-10-9-19(14-21(20)31-12-5-2)27-23(29)25-15-22(28)26-16(3)17-7-6-8-18(24)13-17/h6-10,13-14,16H,4-5,11-12,15H2,1-3H3,(H,26,28)(H2,25,27,29)/t16-/m0/s1. The van der Waals surface area contributed by atoms with Crippen LogP contribution in [0.25, 0.3) is 0 Å². The van der Waals surface area contributed by atoms with Crippen molar-refractivity contribution in [2.75, 3.05) is 25.1 Å². The summed E-state index contributed by atoms with van der Waals surface area (Å²) in [5.41, 5.74) is 1.43. The Morgan fingerprint density at radius 1 is 1.00 bits per heavy atom. The molecular weight excluding hydrogens is 418 g/mol. The highest BCUT2D eigenvalue weighted by Crippen LogP contribution is 2.31. The second kappa shape index (κ2) is 12.7. The molecule has 0 saturated carbocycles. The van der Waals surface area contributed by atoms with Gasteiger partial charge in [-0.2, -0.15) is 0 Å². The molecule has 168 valence electrons. The van der Waals surface area contributed by atoms with Gasteiger partial charge in [0.15, 0.2) is 11.5 Å². The molecule has 0 radical (unpaired) electrons. The van der Waals surface area contributed by atoms with Crippen LogP contribution < -0.4 is 25.4 Å². The van der Waals surface area contributed by atoms with Crippen molar-refractivity contribution < 1.29 is 19.1 Å². The van der Waals surface area contributed by atoms with Crippen molar-refractivity contribution in [1.82, 2.24) is 10.6 Å². The molecule has 2 aromatic carbocycles. The lowest BCUT2D eigenvalue weighted by Crippen LogP contribution is -2.39. The minimum atomic E-state index is -0.491. The van der Waals surface area contributed by atoms with Crippen LogP contribution in [-0.2, 0) is 4.79 Å². The van der Waals surface area contributed by atoms with Gasteiger partial charge in [-0.25, -0.2) is 4.79 Å². The molecule has 7 nitrogen and oxygen atoms in total. The third-order valence-corrected chi connectivity index (χ3v) is 4.50. The molecule has 0 aliphatic heterocycles. The number of hydrogen-bond acceptors (Lipinski definition) is 4. The number of halogens is 1. The minimum Gasteiger partial charge on any atom is -0.490 e. The summed E-state index contributed by atoms with van der Waals surface area (Å²) in [5.74, 6) is 0.898. The Hall–Kier alpha value is -2.93. The Labute approximate surface area is 188 Å². The van der Waals surface area contributed by atoms with E-state index in [0.29, 0.717) is 35.4 Å². The van der Waals surface area contributed by atoms with Crippen LogP contribution in [-0.4, -0.2) is 31.7 Å². The smallest absolute Gasteiger partial charge is 0.319 e. The predicted molar refractivity (Wildman–Crippen MR) is 123 cm³/mol. The maximum atomic E-state index is 12.2. The van der Waals surface area contributed by atoms with E-state index in [-0.39, 0.29) is 18.5 Å². The molecule has 0 heterocycles. The van der Waals surface area contributed by atoms with Crippen LogP contribution in [0.1, 0.15) is 45.2 Å². The molecule has 0 aromatic heterocycles. The van der Waals surface area contributed by atoms with E-state index < -0.39 is 6.03 Å². The first kappa shape index (κ1) is 24.3. The lowest BCUT2D eigenvalue weighted by molar-refractivity contribution is -0.120. The lowest BCUT2D eigenvalue weighted by atomic mass is 10.1. The third-order valence-electron chi connectivity index (χ3n) is 4.26. The fraction of sp³-hybridized carbons (Fsp3) is 0.391. The van der Waals surface area contributed by atoms with Crippen LogP contribution in [0.5, 0.6) is 11.5 Å². The van der Waals surface area contributed by atoms with Crippen LogP contribution in [0, 0.1) is 0 Å². The van der Waals surface area contributed by atoms with Crippen LogP contribution in [0.15, 0.2) is 42.5 Å². The monoisotopic (exact) mass is 447 g/mol. The van der Waals surface area contributed by atoms with Gasteiger partial charge in [0.05, 0.1) is 25.8 Å². The first-order valence-electron chi connectivity index (χ1n) is 10.4. The highest BCUT2D eigenvalue weighted by molar-refractivity contribution is 6.30. The van der Waals surface area contributed by atoms with E-state index in [1.165, 1.54) is 0 Å². The van der Waals surface area contributed by atoms with Crippen LogP contribution in [0.4, 0.5) is 10.5 Å². The van der Waals surface area contributed by atoms with Crippen LogP contribution in [0.3, 0.4) is 0 Å². The fourth-order valence-electron chi connectivity index (χ4n) is 2.73. The molecule has 0 aliphatic carbocycles. The Balaban J connectivity index is 1.87. The summed E-state index contributed by atoms with van der Waals surface area (Å²) < 4.78 is 11.4. The molecule has 8 heteroatoms. The van der Waals surface area contributed by atoms with Gasteiger partial charge in [-0.15, -0.1) is 0 Å². The van der Waals surface area contributed by atoms with E-state index in [2.05, 4.69) is 16.0 Å². The number of nitrogens with one attached hydrogen (secondary N) is 3. The number of rotatable bonds is 11. The molecule has 0 fully saturated rings. The Morgan fingerprint density at radius 2 is 1.71 bits per heavy atom. The van der Waals surface area contributed by atoms with Gasteiger partial charge >= 0.3 is 6.03 Å². The number of anilines is 1. The molecule has 0 aliphatic rings. The van der Waals surface area contributed by atoms with E-state index in [1.54, 1.807) is 30.3 Å². The second-order valence-corrected chi connectivity index (χ2v) is 7.45. The average molecular weight is 448 g/mol. The van der Waals surface area contributed by atoms with E-state index >= 15 is 0 Å². The quantitative estimate of drug-likeness (QED) is 0.456. The van der Waals surface area contributed by atoms with Crippen molar-refractivity contribution in [3.8, 4) is 11.5 Å². The van der Waals surface area contributed by atoms with Gasteiger partial charge in [0, 0.05) is 16.8 Å². The van der Waals surface area contributed by atoms with Gasteiger partial charge in [-0.1, -0.05) is 37.6 Å². The average Bonchev–Trinajstić information content (AvgIpc) is 2.75. The van der Waals surface area contributed by atoms with Gasteiger partial charge in [0.2, 0.25) is 5.91 Å². The third kappa shape index (κ3) is 8.38. The van der Waals surface area contributed by atoms with Crippen molar-refractivity contribution in [3.63, 3.8) is 0 Å². The Bertz CT molecular complexity index is 876. The number of benzene rings is 2. The normalized spacial score (nSPS) is 11.4.